The molecular formula is C16H17N5O2S. The maximum atomic E-state index is 12.8. The first kappa shape index (κ1) is 16.4. The molecular weight excluding hydrogens is 326 g/mol. The Kier molecular flexibility index (Phi) is 4.74. The van der Waals surface area contributed by atoms with Crippen LogP contribution in [0.2, 0.25) is 0 Å². The summed E-state index contributed by atoms with van der Waals surface area (Å²) >= 11 is 0. The molecule has 1 aliphatic rings. The van der Waals surface area contributed by atoms with Crippen molar-refractivity contribution in [3.63, 3.8) is 0 Å². The van der Waals surface area contributed by atoms with Crippen LogP contribution in [-0.4, -0.2) is 42.1 Å². The summed E-state index contributed by atoms with van der Waals surface area (Å²) in [5.74, 6) is 0.689. The van der Waals surface area contributed by atoms with Gasteiger partial charge in [0.05, 0.1) is 10.5 Å². The van der Waals surface area contributed by atoms with Crippen LogP contribution in [0.5, 0.6) is 0 Å². The van der Waals surface area contributed by atoms with Gasteiger partial charge in [-0.15, -0.1) is 5.10 Å². The molecule has 1 aromatic heterocycles. The van der Waals surface area contributed by atoms with E-state index in [2.05, 4.69) is 15.5 Å². The molecule has 1 saturated heterocycles. The van der Waals surface area contributed by atoms with Gasteiger partial charge in [0.1, 0.15) is 11.9 Å². The highest BCUT2D eigenvalue weighted by Crippen LogP contribution is 2.24. The smallest absolute Gasteiger partial charge is 0.244 e. The second kappa shape index (κ2) is 6.95. The Hall–Kier alpha value is -2.50. The zero-order valence-corrected chi connectivity index (χ0v) is 13.8. The predicted octanol–water partition coefficient (Wildman–Crippen LogP) is 1.61. The number of anilines is 1. The molecule has 1 aliphatic heterocycles. The first-order valence-electron chi connectivity index (χ1n) is 7.65. The molecule has 0 spiro atoms. The summed E-state index contributed by atoms with van der Waals surface area (Å²) in [6.45, 7) is 0.806. The molecule has 3 rings (SSSR count). The highest BCUT2D eigenvalue weighted by Gasteiger charge is 2.31. The molecule has 0 amide bonds. The van der Waals surface area contributed by atoms with Crippen molar-refractivity contribution >= 4 is 15.8 Å². The van der Waals surface area contributed by atoms with E-state index in [0.717, 1.165) is 0 Å². The summed E-state index contributed by atoms with van der Waals surface area (Å²) in [5.41, 5.74) is 0.178. The minimum atomic E-state index is -3.65. The van der Waals surface area contributed by atoms with Gasteiger partial charge in [-0.3, -0.25) is 0 Å². The van der Waals surface area contributed by atoms with E-state index in [4.69, 9.17) is 5.26 Å². The van der Waals surface area contributed by atoms with Gasteiger partial charge in [-0.1, -0.05) is 12.1 Å². The van der Waals surface area contributed by atoms with Crippen molar-refractivity contribution in [3.8, 4) is 6.07 Å². The molecule has 0 bridgehead atoms. The van der Waals surface area contributed by atoms with Gasteiger partial charge in [0.15, 0.2) is 0 Å². The summed E-state index contributed by atoms with van der Waals surface area (Å²) in [7, 11) is -3.65. The topological polar surface area (TPSA) is 99.0 Å². The van der Waals surface area contributed by atoms with E-state index in [1.807, 2.05) is 12.1 Å². The fourth-order valence-electron chi connectivity index (χ4n) is 2.75. The van der Waals surface area contributed by atoms with Crippen LogP contribution < -0.4 is 5.32 Å². The second-order valence-electron chi connectivity index (χ2n) is 5.54. The van der Waals surface area contributed by atoms with Crippen LogP contribution in [0.4, 0.5) is 5.82 Å². The van der Waals surface area contributed by atoms with Crippen LogP contribution in [0, 0.1) is 11.3 Å². The van der Waals surface area contributed by atoms with Gasteiger partial charge >= 0.3 is 0 Å². The largest absolute Gasteiger partial charge is 0.366 e. The number of nitrogens with zero attached hydrogens (tertiary/aromatic N) is 4. The minimum Gasteiger partial charge on any atom is -0.366 e. The Morgan fingerprint density at radius 2 is 1.92 bits per heavy atom. The van der Waals surface area contributed by atoms with Crippen molar-refractivity contribution in [3.05, 3.63) is 48.2 Å². The number of aromatic nitrogens is 2. The van der Waals surface area contributed by atoms with Crippen molar-refractivity contribution < 1.29 is 8.42 Å². The average Bonchev–Trinajstić information content (AvgIpc) is 2.63. The lowest BCUT2D eigenvalue weighted by Gasteiger charge is -2.31. The summed E-state index contributed by atoms with van der Waals surface area (Å²) in [4.78, 5) is 0.0767. The van der Waals surface area contributed by atoms with Crippen LogP contribution in [-0.2, 0) is 10.0 Å². The Morgan fingerprint density at radius 1 is 1.17 bits per heavy atom. The normalized spacial score (nSPS) is 16.5. The molecule has 0 saturated carbocycles. The molecule has 1 fully saturated rings. The van der Waals surface area contributed by atoms with E-state index >= 15 is 0 Å². The van der Waals surface area contributed by atoms with Crippen LogP contribution in [0.15, 0.2) is 47.5 Å². The molecule has 0 atom stereocenters. The maximum Gasteiger partial charge on any atom is 0.244 e. The highest BCUT2D eigenvalue weighted by molar-refractivity contribution is 7.89. The minimum absolute atomic E-state index is 0.0767. The molecule has 1 aromatic carbocycles. The molecule has 7 nitrogen and oxygen atoms in total. The number of hydrogen-bond acceptors (Lipinski definition) is 6. The van der Waals surface area contributed by atoms with Crippen molar-refractivity contribution in [2.75, 3.05) is 18.4 Å². The molecule has 124 valence electrons. The van der Waals surface area contributed by atoms with Crippen molar-refractivity contribution in [1.82, 2.24) is 14.5 Å². The highest BCUT2D eigenvalue weighted by atomic mass is 32.2. The van der Waals surface area contributed by atoms with Gasteiger partial charge < -0.3 is 5.32 Å². The molecule has 8 heteroatoms. The van der Waals surface area contributed by atoms with Crippen LogP contribution in [0.3, 0.4) is 0 Å². The lowest BCUT2D eigenvalue weighted by molar-refractivity contribution is 0.329. The second-order valence-corrected chi connectivity index (χ2v) is 7.45. The molecule has 24 heavy (non-hydrogen) atoms. The third kappa shape index (κ3) is 3.37. The summed E-state index contributed by atoms with van der Waals surface area (Å²) in [6.07, 6.45) is 2.95. The fraction of sp³-hybridized carbons (Fsp3) is 0.312. The van der Waals surface area contributed by atoms with Gasteiger partial charge in [-0.25, -0.2) is 8.42 Å². The van der Waals surface area contributed by atoms with E-state index in [1.165, 1.54) is 16.4 Å². The van der Waals surface area contributed by atoms with E-state index < -0.39 is 10.0 Å². The van der Waals surface area contributed by atoms with Gasteiger partial charge in [0.25, 0.3) is 0 Å². The van der Waals surface area contributed by atoms with Crippen molar-refractivity contribution in [1.29, 1.82) is 5.26 Å². The molecule has 2 heterocycles. The average molecular weight is 343 g/mol. The third-order valence-corrected chi connectivity index (χ3v) is 5.96. The van der Waals surface area contributed by atoms with E-state index in [0.29, 0.717) is 31.7 Å². The van der Waals surface area contributed by atoms with Crippen LogP contribution in [0.1, 0.15) is 18.4 Å². The Balaban J connectivity index is 1.69. The molecule has 0 aliphatic carbocycles. The monoisotopic (exact) mass is 343 g/mol. The number of nitrogens with one attached hydrogen (secondary N) is 1. The Bertz CT molecular complexity index is 840. The zero-order valence-electron chi connectivity index (χ0n) is 13.0. The number of benzene rings is 1. The molecule has 2 aromatic rings. The van der Waals surface area contributed by atoms with Gasteiger partial charge in [0.2, 0.25) is 10.0 Å². The number of hydrogen-bond donors (Lipinski definition) is 1. The number of rotatable bonds is 4. The number of piperidine rings is 1. The number of nitriles is 1. The third-order valence-electron chi connectivity index (χ3n) is 4.00. The van der Waals surface area contributed by atoms with Gasteiger partial charge in [-0.2, -0.15) is 14.7 Å². The lowest BCUT2D eigenvalue weighted by Crippen LogP contribution is -2.42. The quantitative estimate of drug-likeness (QED) is 0.905. The SMILES string of the molecule is N#Cc1ccccc1S(=O)(=O)N1CCC(Nc2cccnn2)CC1. The Morgan fingerprint density at radius 3 is 2.58 bits per heavy atom. The van der Waals surface area contributed by atoms with Gasteiger partial charge in [0, 0.05) is 25.3 Å². The van der Waals surface area contributed by atoms with E-state index in [1.54, 1.807) is 24.4 Å². The zero-order chi connectivity index (χ0) is 17.0. The van der Waals surface area contributed by atoms with Crippen molar-refractivity contribution in [2.24, 2.45) is 0 Å². The van der Waals surface area contributed by atoms with Gasteiger partial charge in [-0.05, 0) is 37.1 Å². The fourth-order valence-corrected chi connectivity index (χ4v) is 4.36. The molecule has 1 N–H and O–H groups in total. The summed E-state index contributed by atoms with van der Waals surface area (Å²) < 4.78 is 27.0. The molecule has 0 radical (unpaired) electrons. The predicted molar refractivity (Wildman–Crippen MR) is 88.6 cm³/mol. The van der Waals surface area contributed by atoms with Crippen LogP contribution >= 0.6 is 0 Å². The van der Waals surface area contributed by atoms with Crippen molar-refractivity contribution in [2.45, 2.75) is 23.8 Å². The molecule has 0 unspecified atom stereocenters. The number of sulfonamides is 1. The summed E-state index contributed by atoms with van der Waals surface area (Å²) in [5, 5.41) is 20.2. The first-order chi connectivity index (χ1) is 11.6. The van der Waals surface area contributed by atoms with Crippen LogP contribution in [0.25, 0.3) is 0 Å². The van der Waals surface area contributed by atoms with E-state index in [-0.39, 0.29) is 16.5 Å². The Labute approximate surface area is 141 Å². The first-order valence-corrected chi connectivity index (χ1v) is 9.09. The maximum absolute atomic E-state index is 12.8. The summed E-state index contributed by atoms with van der Waals surface area (Å²) in [6, 6.07) is 12.0. The standard InChI is InChI=1S/C16H17N5O2S/c17-12-13-4-1-2-5-15(13)24(22,23)21-10-7-14(8-11-21)19-16-6-3-9-18-20-16/h1-6,9,14H,7-8,10-11H2,(H,19,20). The lowest BCUT2D eigenvalue weighted by atomic mass is 10.1. The van der Waals surface area contributed by atoms with E-state index in [9.17, 15) is 8.42 Å².